The first-order valence-corrected chi connectivity index (χ1v) is 7.81. The lowest BCUT2D eigenvalue weighted by molar-refractivity contribution is -0.137. The van der Waals surface area contributed by atoms with Crippen LogP contribution in [-0.2, 0) is 27.5 Å². The Labute approximate surface area is 135 Å². The van der Waals surface area contributed by atoms with E-state index in [1.54, 1.807) is 10.9 Å². The Morgan fingerprint density at radius 3 is 2.61 bits per heavy atom. The number of aromatic nitrogens is 3. The minimum atomic E-state index is -0.807. The van der Waals surface area contributed by atoms with Crippen LogP contribution < -0.4 is 5.32 Å². The highest BCUT2D eigenvalue weighted by Crippen LogP contribution is 2.36. The number of hydrogen-bond acceptors (Lipinski definition) is 4. The number of hydrogen-bond donors (Lipinski definition) is 1. The summed E-state index contributed by atoms with van der Waals surface area (Å²) in [6.45, 7) is 8.17. The summed E-state index contributed by atoms with van der Waals surface area (Å²) in [6, 6.07) is 2.03. The topological polar surface area (TPSA) is 76.9 Å². The summed E-state index contributed by atoms with van der Waals surface area (Å²) in [7, 11) is 1.87. The van der Waals surface area contributed by atoms with Crippen molar-refractivity contribution in [1.82, 2.24) is 20.1 Å². The lowest BCUT2D eigenvalue weighted by Crippen LogP contribution is -2.50. The fraction of sp³-hybridized carbons (Fsp3) is 0.529. The van der Waals surface area contributed by atoms with E-state index in [1.807, 2.05) is 20.0 Å². The van der Waals surface area contributed by atoms with Crippen LogP contribution in [0.25, 0.3) is 10.9 Å². The predicted molar refractivity (Wildman–Crippen MR) is 86.9 cm³/mol. The Bertz CT molecular complexity index is 816. The van der Waals surface area contributed by atoms with Crippen LogP contribution in [0.4, 0.5) is 0 Å². The van der Waals surface area contributed by atoms with Crippen molar-refractivity contribution in [2.24, 2.45) is 7.05 Å². The second-order valence-electron chi connectivity index (χ2n) is 7.52. The fourth-order valence-corrected chi connectivity index (χ4v) is 3.00. The van der Waals surface area contributed by atoms with Crippen LogP contribution in [-0.4, -0.2) is 26.6 Å². The highest BCUT2D eigenvalue weighted by molar-refractivity contribution is 6.04. The molecule has 1 unspecified atom stereocenters. The number of aryl methyl sites for hydroxylation is 1. The van der Waals surface area contributed by atoms with Crippen LogP contribution in [0.5, 0.6) is 0 Å². The Morgan fingerprint density at radius 1 is 1.30 bits per heavy atom. The van der Waals surface area contributed by atoms with Gasteiger partial charge >= 0.3 is 0 Å². The number of fused-ring (bicyclic) bond motifs is 1. The zero-order chi connectivity index (χ0) is 17.0. The van der Waals surface area contributed by atoms with Crippen molar-refractivity contribution >= 4 is 22.7 Å². The number of carbonyl (C=O) groups is 2. The summed E-state index contributed by atoms with van der Waals surface area (Å²) >= 11 is 0. The molecule has 6 heteroatoms. The number of pyridine rings is 1. The van der Waals surface area contributed by atoms with Crippen molar-refractivity contribution in [3.05, 3.63) is 23.7 Å². The number of rotatable bonds is 1. The average molecular weight is 314 g/mol. The molecule has 0 aliphatic carbocycles. The van der Waals surface area contributed by atoms with Gasteiger partial charge in [-0.25, -0.2) is 0 Å². The van der Waals surface area contributed by atoms with Crippen molar-refractivity contribution in [3.8, 4) is 0 Å². The third-order valence-electron chi connectivity index (χ3n) is 4.63. The number of carbonyl (C=O) groups excluding carboxylic acids is 2. The first-order chi connectivity index (χ1) is 10.6. The molecule has 1 saturated heterocycles. The van der Waals surface area contributed by atoms with Crippen LogP contribution in [0.15, 0.2) is 12.3 Å². The van der Waals surface area contributed by atoms with Crippen LogP contribution >= 0.6 is 0 Å². The SMILES string of the molecule is Cn1nc(C2(C)CCC(=O)NC2=O)c2cnc(C(C)(C)C)cc21. The van der Waals surface area contributed by atoms with E-state index in [2.05, 4.69) is 36.2 Å². The van der Waals surface area contributed by atoms with Crippen molar-refractivity contribution in [1.29, 1.82) is 0 Å². The minimum absolute atomic E-state index is 0.0584. The van der Waals surface area contributed by atoms with E-state index >= 15 is 0 Å². The molecule has 23 heavy (non-hydrogen) atoms. The normalized spacial score (nSPS) is 22.5. The van der Waals surface area contributed by atoms with Crippen molar-refractivity contribution in [2.45, 2.75) is 51.4 Å². The standard InChI is InChI=1S/C17H22N4O2/c1-16(2,3)12-8-11-10(9-18-12)14(20-21(11)5)17(4)7-6-13(22)19-15(17)23/h8-9H,6-7H2,1-5H3,(H,19,22,23). The van der Waals surface area contributed by atoms with Crippen molar-refractivity contribution < 1.29 is 9.59 Å². The maximum absolute atomic E-state index is 12.4. The third-order valence-corrected chi connectivity index (χ3v) is 4.63. The van der Waals surface area contributed by atoms with Gasteiger partial charge in [0.05, 0.1) is 16.6 Å². The van der Waals surface area contributed by atoms with E-state index < -0.39 is 5.41 Å². The largest absolute Gasteiger partial charge is 0.296 e. The number of piperidine rings is 1. The van der Waals surface area contributed by atoms with Gasteiger partial charge in [-0.05, 0) is 19.4 Å². The molecule has 2 aromatic rings. The van der Waals surface area contributed by atoms with E-state index in [0.29, 0.717) is 18.5 Å². The van der Waals surface area contributed by atoms with Crippen LogP contribution in [0.2, 0.25) is 0 Å². The van der Waals surface area contributed by atoms with Gasteiger partial charge in [0.15, 0.2) is 0 Å². The summed E-state index contributed by atoms with van der Waals surface area (Å²) < 4.78 is 1.79. The Hall–Kier alpha value is -2.24. The van der Waals surface area contributed by atoms with Gasteiger partial charge in [0.25, 0.3) is 0 Å². The van der Waals surface area contributed by atoms with Gasteiger partial charge in [0.2, 0.25) is 11.8 Å². The molecule has 0 bridgehead atoms. The average Bonchev–Trinajstić information content (AvgIpc) is 2.80. The molecule has 122 valence electrons. The molecule has 6 nitrogen and oxygen atoms in total. The highest BCUT2D eigenvalue weighted by atomic mass is 16.2. The van der Waals surface area contributed by atoms with Gasteiger partial charge in [-0.1, -0.05) is 20.8 Å². The van der Waals surface area contributed by atoms with Gasteiger partial charge in [-0.3, -0.25) is 24.6 Å². The zero-order valence-corrected chi connectivity index (χ0v) is 14.2. The summed E-state index contributed by atoms with van der Waals surface area (Å²) in [5, 5.41) is 7.89. The van der Waals surface area contributed by atoms with E-state index in [1.165, 1.54) is 0 Å². The second kappa shape index (κ2) is 4.88. The molecule has 2 aromatic heterocycles. The van der Waals surface area contributed by atoms with Gasteiger partial charge < -0.3 is 0 Å². The molecule has 1 aliphatic heterocycles. The lowest BCUT2D eigenvalue weighted by Gasteiger charge is -2.30. The molecule has 0 aromatic carbocycles. The lowest BCUT2D eigenvalue weighted by atomic mass is 9.77. The quantitative estimate of drug-likeness (QED) is 0.816. The maximum atomic E-state index is 12.4. The zero-order valence-electron chi connectivity index (χ0n) is 14.2. The Morgan fingerprint density at radius 2 is 2.00 bits per heavy atom. The fourth-order valence-electron chi connectivity index (χ4n) is 3.00. The molecule has 1 atom stereocenters. The van der Waals surface area contributed by atoms with Crippen LogP contribution in [0.3, 0.4) is 0 Å². The third kappa shape index (κ3) is 2.42. The molecule has 1 N–H and O–H groups in total. The molecule has 3 heterocycles. The van der Waals surface area contributed by atoms with Gasteiger partial charge in [0.1, 0.15) is 0 Å². The number of nitrogens with one attached hydrogen (secondary N) is 1. The Kier molecular flexibility index (Phi) is 3.32. The number of imide groups is 1. The molecule has 2 amide bonds. The predicted octanol–water partition coefficient (Wildman–Crippen LogP) is 1.96. The smallest absolute Gasteiger partial charge is 0.238 e. The number of nitrogens with zero attached hydrogens (tertiary/aromatic N) is 3. The summed E-state index contributed by atoms with van der Waals surface area (Å²) in [6.07, 6.45) is 2.59. The molecule has 0 saturated carbocycles. The minimum Gasteiger partial charge on any atom is -0.296 e. The maximum Gasteiger partial charge on any atom is 0.238 e. The number of amides is 2. The summed E-state index contributed by atoms with van der Waals surface area (Å²) in [4.78, 5) is 28.4. The first kappa shape index (κ1) is 15.6. The van der Waals surface area contributed by atoms with Gasteiger partial charge in [-0.2, -0.15) is 5.10 Å². The van der Waals surface area contributed by atoms with Crippen molar-refractivity contribution in [2.75, 3.05) is 0 Å². The van der Waals surface area contributed by atoms with Crippen LogP contribution in [0.1, 0.15) is 51.9 Å². The second-order valence-corrected chi connectivity index (χ2v) is 7.52. The molecule has 3 rings (SSSR count). The molecular formula is C17H22N4O2. The molecular weight excluding hydrogens is 292 g/mol. The molecule has 0 radical (unpaired) electrons. The van der Waals surface area contributed by atoms with E-state index in [4.69, 9.17) is 0 Å². The summed E-state index contributed by atoms with van der Waals surface area (Å²) in [5.74, 6) is -0.505. The summed E-state index contributed by atoms with van der Waals surface area (Å²) in [5.41, 5.74) is 1.75. The van der Waals surface area contributed by atoms with Crippen LogP contribution in [0, 0.1) is 0 Å². The molecule has 1 aliphatic rings. The van der Waals surface area contributed by atoms with E-state index in [9.17, 15) is 9.59 Å². The highest BCUT2D eigenvalue weighted by Gasteiger charge is 2.43. The Balaban J connectivity index is 2.16. The van der Waals surface area contributed by atoms with E-state index in [-0.39, 0.29) is 17.2 Å². The van der Waals surface area contributed by atoms with E-state index in [0.717, 1.165) is 16.6 Å². The monoisotopic (exact) mass is 314 g/mol. The van der Waals surface area contributed by atoms with Crippen molar-refractivity contribution in [3.63, 3.8) is 0 Å². The van der Waals surface area contributed by atoms with Gasteiger partial charge in [-0.15, -0.1) is 0 Å². The molecule has 1 fully saturated rings. The van der Waals surface area contributed by atoms with Gasteiger partial charge in [0, 0.05) is 36.2 Å². The first-order valence-electron chi connectivity index (χ1n) is 7.81. The molecule has 0 spiro atoms.